The van der Waals surface area contributed by atoms with Crippen LogP contribution in [0.25, 0.3) is 0 Å². The summed E-state index contributed by atoms with van der Waals surface area (Å²) >= 11 is 6.26. The Morgan fingerprint density at radius 1 is 1.06 bits per heavy atom. The predicted molar refractivity (Wildman–Crippen MR) is 186 cm³/mol. The minimum Gasteiger partial charge on any atom is -0.387 e. The summed E-state index contributed by atoms with van der Waals surface area (Å²) in [6, 6.07) is 4.41. The van der Waals surface area contributed by atoms with E-state index in [-0.39, 0.29) is 37.1 Å². The van der Waals surface area contributed by atoms with Gasteiger partial charge in [0.2, 0.25) is 29.3 Å². The Bertz CT molecular complexity index is 1520. The number of carbonyl (C=O) groups excluding carboxylic acids is 5. The monoisotopic (exact) mass is 694 g/mol. The summed E-state index contributed by atoms with van der Waals surface area (Å²) in [4.78, 5) is 75.9. The summed E-state index contributed by atoms with van der Waals surface area (Å²) in [5.41, 5.74) is -0.199. The zero-order chi connectivity index (χ0) is 35.1. The molecular weight excluding hydrogens is 644 g/mol. The van der Waals surface area contributed by atoms with Gasteiger partial charge in [0, 0.05) is 36.3 Å². The van der Waals surface area contributed by atoms with Crippen molar-refractivity contribution in [3.05, 3.63) is 34.9 Å². The average molecular weight is 695 g/mol. The van der Waals surface area contributed by atoms with Gasteiger partial charge in [0.1, 0.15) is 12.1 Å². The molecule has 11 heteroatoms. The number of benzene rings is 1. The fourth-order valence-electron chi connectivity index (χ4n) is 8.56. The van der Waals surface area contributed by atoms with E-state index in [1.54, 1.807) is 12.1 Å². The second-order valence-electron chi connectivity index (χ2n) is 16.5. The summed E-state index contributed by atoms with van der Waals surface area (Å²) in [5, 5.41) is 10.9. The lowest BCUT2D eigenvalue weighted by Gasteiger charge is -2.36. The van der Waals surface area contributed by atoms with Crippen LogP contribution in [-0.2, 0) is 28.8 Å². The van der Waals surface area contributed by atoms with Gasteiger partial charge in [0.25, 0.3) is 0 Å². The van der Waals surface area contributed by atoms with E-state index < -0.39 is 46.6 Å². The first-order chi connectivity index (χ1) is 23.2. The van der Waals surface area contributed by atoms with Crippen molar-refractivity contribution in [2.24, 2.45) is 34.2 Å². The third kappa shape index (κ3) is 8.05. The molecule has 3 aliphatic carbocycles. The third-order valence-electron chi connectivity index (χ3n) is 11.4. The van der Waals surface area contributed by atoms with Crippen LogP contribution in [0.2, 0.25) is 5.02 Å². The number of halogens is 1. The van der Waals surface area contributed by atoms with Crippen LogP contribution >= 0.6 is 11.6 Å². The largest absolute Gasteiger partial charge is 0.387 e. The summed E-state index contributed by atoms with van der Waals surface area (Å²) in [6.07, 6.45) is 8.54. The molecule has 2 N–H and O–H groups in total. The molecule has 5 aliphatic rings. The highest BCUT2D eigenvalue weighted by Gasteiger charge is 2.56. The van der Waals surface area contributed by atoms with Crippen molar-refractivity contribution in [2.75, 3.05) is 6.54 Å². The van der Waals surface area contributed by atoms with E-state index in [0.717, 1.165) is 24.8 Å². The number of oxime groups is 1. The molecule has 3 unspecified atom stereocenters. The second-order valence-corrected chi connectivity index (χ2v) is 16.9. The first-order valence-corrected chi connectivity index (χ1v) is 18.6. The minimum atomic E-state index is -1.00. The van der Waals surface area contributed by atoms with Crippen LogP contribution in [0.4, 0.5) is 0 Å². The molecule has 49 heavy (non-hydrogen) atoms. The van der Waals surface area contributed by atoms with Crippen molar-refractivity contribution in [1.82, 2.24) is 15.5 Å². The smallest absolute Gasteiger partial charge is 0.246 e. The first-order valence-electron chi connectivity index (χ1n) is 18.2. The molecule has 3 saturated carbocycles. The van der Waals surface area contributed by atoms with E-state index in [1.807, 2.05) is 39.8 Å². The van der Waals surface area contributed by atoms with E-state index in [9.17, 15) is 24.0 Å². The van der Waals surface area contributed by atoms with Crippen molar-refractivity contribution in [1.29, 1.82) is 0 Å². The Hall–Kier alpha value is -3.27. The average Bonchev–Trinajstić information content (AvgIpc) is 3.39. The van der Waals surface area contributed by atoms with Gasteiger partial charge in [-0.25, -0.2) is 0 Å². The maximum absolute atomic E-state index is 14.6. The predicted octanol–water partition coefficient (Wildman–Crippen LogP) is 5.38. The molecule has 7 atom stereocenters. The van der Waals surface area contributed by atoms with Crippen molar-refractivity contribution in [2.45, 2.75) is 128 Å². The normalized spacial score (nSPS) is 28.6. The number of ketones is 2. The van der Waals surface area contributed by atoms with Crippen LogP contribution in [-0.4, -0.2) is 70.2 Å². The molecule has 2 bridgehead atoms. The summed E-state index contributed by atoms with van der Waals surface area (Å²) in [6.45, 7) is 7.68. The van der Waals surface area contributed by atoms with Gasteiger partial charge in [-0.3, -0.25) is 24.0 Å². The molecule has 1 aromatic rings. The van der Waals surface area contributed by atoms with Crippen LogP contribution in [0.15, 0.2) is 29.4 Å². The topological polar surface area (TPSA) is 134 Å². The number of likely N-dealkylation sites (tertiary alicyclic amines) is 1. The second kappa shape index (κ2) is 14.2. The number of carbonyl (C=O) groups is 5. The van der Waals surface area contributed by atoms with Crippen molar-refractivity contribution in [3.63, 3.8) is 0 Å². The van der Waals surface area contributed by atoms with Gasteiger partial charge in [0.05, 0.1) is 18.3 Å². The number of rotatable bonds is 13. The number of Topliss-reactive ketones (excluding diaryl/α,β-unsaturated/α-hetero) is 2. The Labute approximate surface area is 294 Å². The van der Waals surface area contributed by atoms with Crippen molar-refractivity contribution >= 4 is 46.6 Å². The molecule has 0 aromatic heterocycles. The number of nitrogens with one attached hydrogen (secondary N) is 2. The minimum absolute atomic E-state index is 0.0688. The molecule has 10 nitrogen and oxygen atoms in total. The molecule has 1 saturated heterocycles. The standard InChI is InChI=1S/C38H51ClN4O6/c1-5-7-28(33(46)31(44)16-22-10-11-22)40-35(47)30-20-38(19-29(42-49-38)25-8-6-9-27(39)17-25)21-43(30)36(48)34(37(2,3)4)41-32(45)18-26-15-23-12-13-24(26)14-23/h6,8-9,17,22-24,26,28,30,34H,5,7,10-16,18-21H2,1-4H3,(H,40,47)(H,41,45)/t23?,24?,26?,28-,30-,34+,38+/m0/s1. The molecule has 6 rings (SSSR count). The van der Waals surface area contributed by atoms with Gasteiger partial charge in [-0.05, 0) is 79.7 Å². The van der Waals surface area contributed by atoms with Gasteiger partial charge in [0.15, 0.2) is 5.60 Å². The van der Waals surface area contributed by atoms with E-state index in [4.69, 9.17) is 16.4 Å². The number of nitrogens with zero attached hydrogens (tertiary/aromatic N) is 2. The quantitative estimate of drug-likeness (QED) is 0.266. The van der Waals surface area contributed by atoms with E-state index >= 15 is 0 Å². The van der Waals surface area contributed by atoms with Crippen LogP contribution in [0.1, 0.15) is 110 Å². The van der Waals surface area contributed by atoms with Crippen LogP contribution in [0, 0.1) is 29.1 Å². The Kier molecular flexibility index (Phi) is 10.3. The van der Waals surface area contributed by atoms with Crippen LogP contribution in [0.5, 0.6) is 0 Å². The highest BCUT2D eigenvalue weighted by atomic mass is 35.5. The van der Waals surface area contributed by atoms with Gasteiger partial charge in [-0.1, -0.05) is 69.4 Å². The molecule has 2 heterocycles. The molecular formula is C38H51ClN4O6. The Morgan fingerprint density at radius 2 is 1.84 bits per heavy atom. The van der Waals surface area contributed by atoms with Gasteiger partial charge in [-0.15, -0.1) is 0 Å². The van der Waals surface area contributed by atoms with Gasteiger partial charge < -0.3 is 20.4 Å². The number of hydrogen-bond acceptors (Lipinski definition) is 7. The van der Waals surface area contributed by atoms with Gasteiger partial charge >= 0.3 is 0 Å². The fraction of sp³-hybridized carbons (Fsp3) is 0.684. The molecule has 2 aliphatic heterocycles. The van der Waals surface area contributed by atoms with Crippen LogP contribution in [0.3, 0.4) is 0 Å². The third-order valence-corrected chi connectivity index (χ3v) is 11.6. The lowest BCUT2D eigenvalue weighted by Crippen LogP contribution is -2.59. The lowest BCUT2D eigenvalue weighted by molar-refractivity contribution is -0.145. The molecule has 3 amide bonds. The van der Waals surface area contributed by atoms with E-state index in [1.165, 1.54) is 24.2 Å². The Balaban J connectivity index is 1.23. The zero-order valence-electron chi connectivity index (χ0n) is 29.3. The highest BCUT2D eigenvalue weighted by molar-refractivity contribution is 6.39. The van der Waals surface area contributed by atoms with Crippen LogP contribution < -0.4 is 10.6 Å². The zero-order valence-corrected chi connectivity index (χ0v) is 30.0. The first kappa shape index (κ1) is 35.6. The Morgan fingerprint density at radius 3 is 2.47 bits per heavy atom. The highest BCUT2D eigenvalue weighted by Crippen LogP contribution is 2.49. The molecule has 266 valence electrons. The van der Waals surface area contributed by atoms with Gasteiger partial charge in [-0.2, -0.15) is 0 Å². The van der Waals surface area contributed by atoms with E-state index in [2.05, 4.69) is 15.8 Å². The fourth-order valence-corrected chi connectivity index (χ4v) is 8.75. The number of amides is 3. The molecule has 4 fully saturated rings. The molecule has 1 spiro atoms. The maximum Gasteiger partial charge on any atom is 0.246 e. The van der Waals surface area contributed by atoms with E-state index in [0.29, 0.717) is 54.2 Å². The van der Waals surface area contributed by atoms with Crippen molar-refractivity contribution in [3.8, 4) is 0 Å². The maximum atomic E-state index is 14.6. The molecule has 0 radical (unpaired) electrons. The summed E-state index contributed by atoms with van der Waals surface area (Å²) in [7, 11) is 0. The summed E-state index contributed by atoms with van der Waals surface area (Å²) < 4.78 is 0. The SMILES string of the molecule is CCC[C@H](NC(=O)[C@@H]1C[C@]2(CC(c3cccc(Cl)c3)=NO2)CN1C(=O)[C@@H](NC(=O)CC1CC2CCC1C2)C(C)(C)C)C(=O)C(=O)CC1CC1. The lowest BCUT2D eigenvalue weighted by atomic mass is 9.84. The van der Waals surface area contributed by atoms with Crippen molar-refractivity contribution < 1.29 is 28.8 Å². The number of hydrogen-bond donors (Lipinski definition) is 2. The summed E-state index contributed by atoms with van der Waals surface area (Å²) in [5.74, 6) is -0.210. The number of fused-ring (bicyclic) bond motifs is 2. The molecule has 1 aromatic carbocycles.